The van der Waals surface area contributed by atoms with Crippen LogP contribution in [0.15, 0.2) is 18.2 Å². The fourth-order valence-electron chi connectivity index (χ4n) is 4.12. The first kappa shape index (κ1) is 16.8. The molecule has 3 rings (SSSR count). The van der Waals surface area contributed by atoms with E-state index in [1.807, 2.05) is 16.8 Å². The number of carbonyl (C=O) groups is 2. The second kappa shape index (κ2) is 6.09. The Morgan fingerprint density at radius 3 is 2.50 bits per heavy atom. The van der Waals surface area contributed by atoms with E-state index in [9.17, 15) is 19.8 Å². The van der Waals surface area contributed by atoms with Gasteiger partial charge in [-0.15, -0.1) is 0 Å². The highest BCUT2D eigenvalue weighted by Crippen LogP contribution is 2.43. The van der Waals surface area contributed by atoms with Crippen LogP contribution in [-0.2, 0) is 4.79 Å². The number of aromatic hydroxyl groups is 1. The van der Waals surface area contributed by atoms with E-state index in [0.717, 1.165) is 19.4 Å². The molecule has 24 heavy (non-hydrogen) atoms. The van der Waals surface area contributed by atoms with Crippen LogP contribution in [0.5, 0.6) is 5.75 Å². The number of carbonyl (C=O) groups excluding carboxylic acids is 1. The van der Waals surface area contributed by atoms with Crippen molar-refractivity contribution >= 4 is 11.9 Å². The maximum Gasteiger partial charge on any atom is 0.320 e. The first-order chi connectivity index (χ1) is 11.3. The predicted molar refractivity (Wildman–Crippen MR) is 89.1 cm³/mol. The Kier molecular flexibility index (Phi) is 4.25. The van der Waals surface area contributed by atoms with Crippen molar-refractivity contribution in [3.05, 3.63) is 29.3 Å². The molecule has 2 heterocycles. The number of phenolic OH excluding ortho intramolecular Hbond substituents is 1. The highest BCUT2D eigenvalue weighted by molar-refractivity contribution is 5.96. The standard InChI is InChI=1S/C18H24N2O4/c1-12-13(4-3-5-15(12)21)16(22)20-8-6-18(7-9-20)10-14(17(23)24)19(2)11-18/h3-5,14,21H,6-11H2,1-2H3,(H,23,24)/t14-/m0/s1. The van der Waals surface area contributed by atoms with Gasteiger partial charge in [-0.1, -0.05) is 6.07 Å². The summed E-state index contributed by atoms with van der Waals surface area (Å²) in [6.07, 6.45) is 2.31. The van der Waals surface area contributed by atoms with Gasteiger partial charge >= 0.3 is 5.97 Å². The van der Waals surface area contributed by atoms with E-state index in [0.29, 0.717) is 30.6 Å². The molecule has 1 atom stereocenters. The first-order valence-corrected chi connectivity index (χ1v) is 8.34. The molecule has 1 spiro atoms. The Morgan fingerprint density at radius 2 is 1.92 bits per heavy atom. The molecule has 0 aromatic heterocycles. The van der Waals surface area contributed by atoms with E-state index < -0.39 is 12.0 Å². The number of nitrogens with zero attached hydrogens (tertiary/aromatic N) is 2. The van der Waals surface area contributed by atoms with Crippen LogP contribution in [0.3, 0.4) is 0 Å². The molecule has 2 fully saturated rings. The fourth-order valence-corrected chi connectivity index (χ4v) is 4.12. The lowest BCUT2D eigenvalue weighted by Gasteiger charge is -2.39. The van der Waals surface area contributed by atoms with E-state index in [4.69, 9.17) is 0 Å². The molecule has 1 aromatic rings. The smallest absolute Gasteiger partial charge is 0.320 e. The topological polar surface area (TPSA) is 81.1 Å². The van der Waals surface area contributed by atoms with E-state index in [1.165, 1.54) is 0 Å². The van der Waals surface area contributed by atoms with Gasteiger partial charge in [0.15, 0.2) is 0 Å². The van der Waals surface area contributed by atoms with Crippen LogP contribution in [-0.4, -0.2) is 64.6 Å². The Hall–Kier alpha value is -2.08. The van der Waals surface area contributed by atoms with Crippen molar-refractivity contribution in [3.8, 4) is 5.75 Å². The van der Waals surface area contributed by atoms with Crippen molar-refractivity contribution in [1.82, 2.24) is 9.80 Å². The normalized spacial score (nSPS) is 23.6. The van der Waals surface area contributed by atoms with Crippen LogP contribution in [0.4, 0.5) is 0 Å². The number of piperidine rings is 1. The number of aliphatic carboxylic acids is 1. The molecule has 0 radical (unpaired) electrons. The summed E-state index contributed by atoms with van der Waals surface area (Å²) in [4.78, 5) is 27.8. The zero-order chi connectivity index (χ0) is 17.5. The molecule has 6 heteroatoms. The van der Waals surface area contributed by atoms with Crippen molar-refractivity contribution in [2.75, 3.05) is 26.7 Å². The van der Waals surface area contributed by atoms with Gasteiger partial charge in [0.25, 0.3) is 5.91 Å². The van der Waals surface area contributed by atoms with Gasteiger partial charge in [0.05, 0.1) is 0 Å². The zero-order valence-electron chi connectivity index (χ0n) is 14.2. The van der Waals surface area contributed by atoms with Crippen molar-refractivity contribution in [2.24, 2.45) is 5.41 Å². The summed E-state index contributed by atoms with van der Waals surface area (Å²) in [6.45, 7) is 3.79. The van der Waals surface area contributed by atoms with Crippen LogP contribution in [0.25, 0.3) is 0 Å². The number of benzene rings is 1. The number of amides is 1. The summed E-state index contributed by atoms with van der Waals surface area (Å²) in [5.74, 6) is -0.682. The van der Waals surface area contributed by atoms with E-state index in [2.05, 4.69) is 0 Å². The average molecular weight is 332 g/mol. The van der Waals surface area contributed by atoms with Crippen molar-refractivity contribution < 1.29 is 19.8 Å². The number of rotatable bonds is 2. The Labute approximate surface area is 141 Å². The molecule has 0 unspecified atom stereocenters. The van der Waals surface area contributed by atoms with Crippen LogP contribution < -0.4 is 0 Å². The molecule has 1 amide bonds. The molecule has 0 saturated carbocycles. The summed E-state index contributed by atoms with van der Waals surface area (Å²) in [6, 6.07) is 4.59. The van der Waals surface area contributed by atoms with Crippen molar-refractivity contribution in [1.29, 1.82) is 0 Å². The van der Waals surface area contributed by atoms with Gasteiger partial charge in [0, 0.05) is 30.8 Å². The Balaban J connectivity index is 1.68. The van der Waals surface area contributed by atoms with E-state index in [1.54, 1.807) is 25.1 Å². The highest BCUT2D eigenvalue weighted by atomic mass is 16.4. The molecule has 2 N–H and O–H groups in total. The summed E-state index contributed by atoms with van der Waals surface area (Å²) >= 11 is 0. The molecule has 0 bridgehead atoms. The molecule has 0 aliphatic carbocycles. The Morgan fingerprint density at radius 1 is 1.25 bits per heavy atom. The van der Waals surface area contributed by atoms with Gasteiger partial charge in [-0.05, 0) is 50.8 Å². The summed E-state index contributed by atoms with van der Waals surface area (Å²) in [5, 5.41) is 19.1. The number of carboxylic acid groups (broad SMARTS) is 1. The summed E-state index contributed by atoms with van der Waals surface area (Å²) in [5.41, 5.74) is 1.15. The Bertz CT molecular complexity index is 665. The van der Waals surface area contributed by atoms with Crippen molar-refractivity contribution in [3.63, 3.8) is 0 Å². The molecule has 6 nitrogen and oxygen atoms in total. The third kappa shape index (κ3) is 2.86. The molecule has 1 aromatic carbocycles. The lowest BCUT2D eigenvalue weighted by Crippen LogP contribution is -2.44. The van der Waals surface area contributed by atoms with Gasteiger partial charge in [0.1, 0.15) is 11.8 Å². The van der Waals surface area contributed by atoms with Crippen LogP contribution in [0.1, 0.15) is 35.2 Å². The van der Waals surface area contributed by atoms with Gasteiger partial charge < -0.3 is 15.1 Å². The van der Waals surface area contributed by atoms with Crippen LogP contribution >= 0.6 is 0 Å². The van der Waals surface area contributed by atoms with Crippen LogP contribution in [0, 0.1) is 12.3 Å². The highest BCUT2D eigenvalue weighted by Gasteiger charge is 2.47. The minimum absolute atomic E-state index is 0.00244. The maximum absolute atomic E-state index is 12.7. The molecular weight excluding hydrogens is 308 g/mol. The van der Waals surface area contributed by atoms with Gasteiger partial charge in [-0.2, -0.15) is 0 Å². The molecule has 2 aliphatic rings. The SMILES string of the molecule is Cc1c(O)cccc1C(=O)N1CCC2(CC1)C[C@@H](C(=O)O)N(C)C2. The fraction of sp³-hybridized carbons (Fsp3) is 0.556. The predicted octanol–water partition coefficient (Wildman–Crippen LogP) is 1.71. The van der Waals surface area contributed by atoms with Gasteiger partial charge in [0.2, 0.25) is 0 Å². The monoisotopic (exact) mass is 332 g/mol. The quantitative estimate of drug-likeness (QED) is 0.862. The lowest BCUT2D eigenvalue weighted by molar-refractivity contribution is -0.141. The molecule has 2 aliphatic heterocycles. The van der Waals surface area contributed by atoms with Gasteiger partial charge in [-0.3, -0.25) is 14.5 Å². The molecule has 2 saturated heterocycles. The van der Waals surface area contributed by atoms with Crippen LogP contribution in [0.2, 0.25) is 0 Å². The number of hydrogen-bond donors (Lipinski definition) is 2. The largest absolute Gasteiger partial charge is 0.508 e. The summed E-state index contributed by atoms with van der Waals surface area (Å²) in [7, 11) is 1.86. The lowest BCUT2D eigenvalue weighted by atomic mass is 9.76. The second-order valence-corrected chi connectivity index (χ2v) is 7.22. The average Bonchev–Trinajstić information content (AvgIpc) is 2.87. The minimum atomic E-state index is -0.761. The third-order valence-electron chi connectivity index (χ3n) is 5.68. The van der Waals surface area contributed by atoms with Gasteiger partial charge in [-0.25, -0.2) is 0 Å². The number of likely N-dealkylation sites (N-methyl/N-ethyl adjacent to an activating group) is 1. The van der Waals surface area contributed by atoms with Crippen molar-refractivity contribution in [2.45, 2.75) is 32.2 Å². The number of likely N-dealkylation sites (tertiary alicyclic amines) is 2. The minimum Gasteiger partial charge on any atom is -0.508 e. The number of hydrogen-bond acceptors (Lipinski definition) is 4. The second-order valence-electron chi connectivity index (χ2n) is 7.22. The molecule has 130 valence electrons. The van der Waals surface area contributed by atoms with E-state index in [-0.39, 0.29) is 17.1 Å². The molecular formula is C18H24N2O4. The number of carboxylic acids is 1. The maximum atomic E-state index is 12.7. The number of phenols is 1. The first-order valence-electron chi connectivity index (χ1n) is 8.34. The zero-order valence-corrected chi connectivity index (χ0v) is 14.2. The summed E-state index contributed by atoms with van der Waals surface area (Å²) < 4.78 is 0. The van der Waals surface area contributed by atoms with E-state index >= 15 is 0 Å². The third-order valence-corrected chi connectivity index (χ3v) is 5.68.